The molecule has 3 aliphatic rings. The maximum atomic E-state index is 14.6. The summed E-state index contributed by atoms with van der Waals surface area (Å²) in [6.07, 6.45) is -1.19. The Labute approximate surface area is 287 Å². The van der Waals surface area contributed by atoms with Gasteiger partial charge in [0.2, 0.25) is 0 Å². The van der Waals surface area contributed by atoms with Crippen LogP contribution >= 0.6 is 7.52 Å². The fourth-order valence-electron chi connectivity index (χ4n) is 5.93. The number of para-hydroxylation sites is 1. The van der Waals surface area contributed by atoms with Crippen molar-refractivity contribution >= 4 is 25.3 Å². The molecule has 14 nitrogen and oxygen atoms in total. The van der Waals surface area contributed by atoms with Gasteiger partial charge in [-0.15, -0.1) is 0 Å². The monoisotopic (exact) mass is 719 g/mol. The third-order valence-electron chi connectivity index (χ3n) is 8.55. The Morgan fingerprint density at radius 2 is 1.88 bits per heavy atom. The molecule has 17 heteroatoms. The Hall–Kier alpha value is -4.34. The molecule has 0 aromatic heterocycles. The Bertz CT molecular complexity index is 1730. The minimum Gasteiger partial charge on any atom is -0.507 e. The molecule has 0 saturated carbocycles. The summed E-state index contributed by atoms with van der Waals surface area (Å²) in [4.78, 5) is 41.2. The molecule has 2 fully saturated rings. The number of likely N-dealkylation sites (N-methyl/N-ethyl adjacent to an activating group) is 1. The van der Waals surface area contributed by atoms with Gasteiger partial charge in [-0.3, -0.25) is 24.0 Å². The fraction of sp³-hybridized carbons (Fsp3) is 0.424. The first-order chi connectivity index (χ1) is 23.7. The van der Waals surface area contributed by atoms with E-state index in [1.165, 1.54) is 30.1 Å². The molecule has 4 atom stereocenters. The van der Waals surface area contributed by atoms with Crippen LogP contribution < -0.4 is 14.9 Å². The maximum absolute atomic E-state index is 14.6. The Morgan fingerprint density at radius 3 is 2.52 bits per heavy atom. The number of fused-ring (bicyclic) bond motifs is 1. The molecule has 50 heavy (non-hydrogen) atoms. The summed E-state index contributed by atoms with van der Waals surface area (Å²) in [5, 5.41) is 30.2. The quantitative estimate of drug-likeness (QED) is 0.187. The number of esters is 1. The van der Waals surface area contributed by atoms with Crippen LogP contribution in [0.5, 0.6) is 5.75 Å². The minimum absolute atomic E-state index is 0.00403. The van der Waals surface area contributed by atoms with Gasteiger partial charge in [-0.2, -0.15) is 5.01 Å². The van der Waals surface area contributed by atoms with Crippen molar-refractivity contribution in [1.29, 1.82) is 0 Å². The minimum atomic E-state index is -3.97. The number of aliphatic hydroxyl groups is 2. The predicted octanol–water partition coefficient (Wildman–Crippen LogP) is 2.92. The molecule has 2 saturated heterocycles. The number of rotatable bonds is 12. The molecule has 1 spiro atoms. The first-order valence-corrected chi connectivity index (χ1v) is 17.8. The lowest BCUT2D eigenvalue weighted by molar-refractivity contribution is -0.185. The van der Waals surface area contributed by atoms with Crippen LogP contribution in [0.3, 0.4) is 0 Å². The zero-order valence-electron chi connectivity index (χ0n) is 28.0. The van der Waals surface area contributed by atoms with E-state index in [0.717, 1.165) is 12.1 Å². The van der Waals surface area contributed by atoms with E-state index in [-0.39, 0.29) is 55.9 Å². The third kappa shape index (κ3) is 7.54. The van der Waals surface area contributed by atoms with Crippen LogP contribution in [0.15, 0.2) is 71.8 Å². The summed E-state index contributed by atoms with van der Waals surface area (Å²) in [7, 11) is -2.47. The van der Waals surface area contributed by atoms with Gasteiger partial charge in [-0.25, -0.2) is 13.9 Å². The van der Waals surface area contributed by atoms with Gasteiger partial charge >= 0.3 is 13.5 Å². The molecule has 2 aromatic rings. The van der Waals surface area contributed by atoms with Crippen LogP contribution in [0.25, 0.3) is 0 Å². The molecule has 3 aliphatic heterocycles. The molecule has 0 radical (unpaired) electrons. The second-order valence-corrected chi connectivity index (χ2v) is 14.6. The first kappa shape index (κ1) is 36.9. The van der Waals surface area contributed by atoms with Crippen molar-refractivity contribution in [2.24, 2.45) is 0 Å². The summed E-state index contributed by atoms with van der Waals surface area (Å²) in [5.41, 5.74) is -1.98. The zero-order valence-corrected chi connectivity index (χ0v) is 28.9. The number of nitrogens with one attached hydrogen (secondary N) is 2. The largest absolute Gasteiger partial charge is 0.507 e. The lowest BCUT2D eigenvalue weighted by Crippen LogP contribution is -2.72. The SMILES string of the molecule is CC(C)OC(=O)[C@H](C)NP(=O)(CCN1N2C=C(C(=O)NCc3ccc(F)cc3F)C(O)C(O)=C2C(=O)N(C)[C@]12CCOC2)Oc1ccccc1. The number of nitrogens with zero attached hydrogens (tertiary/aromatic N) is 3. The second-order valence-electron chi connectivity index (χ2n) is 12.4. The molecular weight excluding hydrogens is 679 g/mol. The Kier molecular flexibility index (Phi) is 11.0. The molecule has 5 rings (SSSR count). The molecular formula is C33H40F2N5O9P. The van der Waals surface area contributed by atoms with Crippen LogP contribution in [0.4, 0.5) is 8.78 Å². The first-order valence-electron chi connectivity index (χ1n) is 16.0. The van der Waals surface area contributed by atoms with Crippen LogP contribution in [0.1, 0.15) is 32.8 Å². The predicted molar refractivity (Wildman–Crippen MR) is 175 cm³/mol. The van der Waals surface area contributed by atoms with E-state index in [2.05, 4.69) is 10.4 Å². The number of carbonyl (C=O) groups excluding carboxylic acids is 3. The van der Waals surface area contributed by atoms with Crippen molar-refractivity contribution in [3.8, 4) is 5.75 Å². The number of halogens is 2. The molecule has 2 amide bonds. The van der Waals surface area contributed by atoms with Crippen LogP contribution in [-0.4, -0.2) is 99.8 Å². The van der Waals surface area contributed by atoms with Gasteiger partial charge in [0.25, 0.3) is 11.8 Å². The summed E-state index contributed by atoms with van der Waals surface area (Å²) in [6.45, 7) is 4.56. The number of benzene rings is 2. The van der Waals surface area contributed by atoms with Gasteiger partial charge in [0.05, 0.1) is 31.1 Å². The highest BCUT2D eigenvalue weighted by Crippen LogP contribution is 2.46. The number of hydrogen-bond acceptors (Lipinski definition) is 11. The number of carbonyl (C=O) groups is 3. The topological polar surface area (TPSA) is 170 Å². The second kappa shape index (κ2) is 14.9. The highest BCUT2D eigenvalue weighted by Gasteiger charge is 2.56. The average Bonchev–Trinajstić information content (AvgIpc) is 3.55. The number of aliphatic hydroxyl groups excluding tert-OH is 2. The van der Waals surface area contributed by atoms with Crippen molar-refractivity contribution in [3.63, 3.8) is 0 Å². The summed E-state index contributed by atoms with van der Waals surface area (Å²) in [5.74, 6) is -4.50. The summed E-state index contributed by atoms with van der Waals surface area (Å²) in [6, 6.07) is 10.1. The number of hydrazine groups is 1. The van der Waals surface area contributed by atoms with Crippen molar-refractivity contribution in [1.82, 2.24) is 25.3 Å². The molecule has 2 unspecified atom stereocenters. The summed E-state index contributed by atoms with van der Waals surface area (Å²) >= 11 is 0. The van der Waals surface area contributed by atoms with E-state index in [1.54, 1.807) is 49.2 Å². The lowest BCUT2D eigenvalue weighted by Gasteiger charge is -2.56. The smallest absolute Gasteiger partial charge is 0.323 e. The van der Waals surface area contributed by atoms with Gasteiger partial charge in [0.1, 0.15) is 35.2 Å². The molecule has 0 bridgehead atoms. The Morgan fingerprint density at radius 1 is 1.16 bits per heavy atom. The maximum Gasteiger partial charge on any atom is 0.323 e. The highest BCUT2D eigenvalue weighted by atomic mass is 31.2. The van der Waals surface area contributed by atoms with Crippen molar-refractivity contribution in [2.45, 2.75) is 57.6 Å². The van der Waals surface area contributed by atoms with E-state index in [0.29, 0.717) is 6.07 Å². The van der Waals surface area contributed by atoms with Gasteiger partial charge in [-0.05, 0) is 39.0 Å². The van der Waals surface area contributed by atoms with Crippen molar-refractivity contribution in [2.75, 3.05) is 33.0 Å². The molecule has 3 heterocycles. The molecule has 0 aliphatic carbocycles. The lowest BCUT2D eigenvalue weighted by atomic mass is 9.98. The molecule has 4 N–H and O–H groups in total. The van der Waals surface area contributed by atoms with E-state index >= 15 is 0 Å². The van der Waals surface area contributed by atoms with E-state index in [1.807, 2.05) is 0 Å². The van der Waals surface area contributed by atoms with Gasteiger partial charge < -0.3 is 34.4 Å². The molecule has 2 aromatic carbocycles. The van der Waals surface area contributed by atoms with Crippen molar-refractivity contribution in [3.05, 3.63) is 89.0 Å². The molecule has 270 valence electrons. The van der Waals surface area contributed by atoms with Gasteiger partial charge in [-0.1, -0.05) is 24.3 Å². The van der Waals surface area contributed by atoms with E-state index in [9.17, 15) is 37.9 Å². The standard InChI is InChI=1S/C33H40F2N5O9P/c1-20(2)48-32(45)21(3)37-50(46,49-24-8-6-5-7-9-24)15-13-40-33(12-14-47-19-33)38(4)31(44)27-29(42)28(41)25(18-39(27)40)30(43)36-17-22-10-11-23(34)16-26(22)35/h5-11,16,18,20-21,28,41-42H,12-15,17,19H2,1-4H3,(H,36,43)(H,37,46)/t21-,28?,33+,50?/m0/s1. The number of ether oxygens (including phenoxy) is 2. The average molecular weight is 720 g/mol. The van der Waals surface area contributed by atoms with E-state index in [4.69, 9.17) is 14.0 Å². The van der Waals surface area contributed by atoms with Crippen LogP contribution in [0.2, 0.25) is 0 Å². The van der Waals surface area contributed by atoms with E-state index < -0.39 is 72.2 Å². The normalized spacial score (nSPS) is 22.7. The zero-order chi connectivity index (χ0) is 36.4. The number of amides is 2. The fourth-order valence-corrected chi connectivity index (χ4v) is 7.81. The number of hydrogen-bond donors (Lipinski definition) is 4. The van der Waals surface area contributed by atoms with Crippen molar-refractivity contribution < 1.29 is 51.9 Å². The van der Waals surface area contributed by atoms with Gasteiger partial charge in [0, 0.05) is 44.4 Å². The van der Waals surface area contributed by atoms with Gasteiger partial charge in [0.15, 0.2) is 11.5 Å². The van der Waals surface area contributed by atoms with Crippen LogP contribution in [-0.2, 0) is 35.0 Å². The summed E-state index contributed by atoms with van der Waals surface area (Å²) < 4.78 is 59.2. The van der Waals surface area contributed by atoms with Crippen LogP contribution in [0, 0.1) is 11.6 Å². The highest BCUT2D eigenvalue weighted by molar-refractivity contribution is 7.57. The Balaban J connectivity index is 1.48. The third-order valence-corrected chi connectivity index (χ3v) is 10.6.